The molecule has 0 atom stereocenters. The molecule has 1 aliphatic rings. The van der Waals surface area contributed by atoms with Crippen LogP contribution in [0, 0.1) is 0 Å². The van der Waals surface area contributed by atoms with Crippen molar-refractivity contribution in [3.05, 3.63) is 98.9 Å². The van der Waals surface area contributed by atoms with Crippen LogP contribution in [-0.4, -0.2) is 34.9 Å². The Hall–Kier alpha value is -3.09. The Morgan fingerprint density at radius 2 is 1.81 bits per heavy atom. The van der Waals surface area contributed by atoms with E-state index in [2.05, 4.69) is 39.5 Å². The number of rotatable bonds is 7. The zero-order valence-corrected chi connectivity index (χ0v) is 18.5. The minimum Gasteiger partial charge on any atom is -0.483 e. The molecule has 3 aromatic rings. The third-order valence-electron chi connectivity index (χ3n) is 5.58. The predicted molar refractivity (Wildman–Crippen MR) is 125 cm³/mol. The molecule has 0 aliphatic carbocycles. The molecule has 2 aromatic carbocycles. The van der Waals surface area contributed by atoms with Crippen LogP contribution < -0.4 is 15.5 Å². The van der Waals surface area contributed by atoms with E-state index in [1.54, 1.807) is 12.1 Å². The molecule has 2 heterocycles. The van der Waals surface area contributed by atoms with Crippen LogP contribution in [0.1, 0.15) is 34.5 Å². The number of carbonyl (C=O) groups excluding carboxylic acids is 1. The number of pyridine rings is 1. The number of amides is 1. The molecule has 0 unspecified atom stereocenters. The maximum absolute atomic E-state index is 12.6. The fourth-order valence-corrected chi connectivity index (χ4v) is 4.04. The standard InChI is InChI=1S/C25H26ClN3O3/c26-20-8-4-7-19(13-20)17-32-24-15-27-22(14-23(24)30)25(31)28-21-9-11-29(12-10-21)16-18-5-2-1-3-6-18/h1-8,13-15,21H,9-12,16-17H2,(H,27,30)(H,28,31). The molecule has 166 valence electrons. The number of likely N-dealkylation sites (tertiary alicyclic amines) is 1. The molecule has 1 fully saturated rings. The van der Waals surface area contributed by atoms with Crippen molar-refractivity contribution in [3.8, 4) is 5.75 Å². The van der Waals surface area contributed by atoms with Crippen LogP contribution >= 0.6 is 11.6 Å². The lowest BCUT2D eigenvalue weighted by atomic mass is 10.0. The van der Waals surface area contributed by atoms with Gasteiger partial charge in [0.1, 0.15) is 12.3 Å². The van der Waals surface area contributed by atoms with Gasteiger partial charge in [0.25, 0.3) is 5.91 Å². The minimum absolute atomic E-state index is 0.0942. The van der Waals surface area contributed by atoms with Crippen LogP contribution in [0.25, 0.3) is 0 Å². The van der Waals surface area contributed by atoms with Gasteiger partial charge >= 0.3 is 0 Å². The lowest BCUT2D eigenvalue weighted by molar-refractivity contribution is 0.0903. The van der Waals surface area contributed by atoms with E-state index in [1.165, 1.54) is 17.8 Å². The van der Waals surface area contributed by atoms with Crippen LogP contribution in [0.4, 0.5) is 0 Å². The molecular weight excluding hydrogens is 426 g/mol. The second-order valence-corrected chi connectivity index (χ2v) is 8.44. The average molecular weight is 452 g/mol. The van der Waals surface area contributed by atoms with E-state index in [1.807, 2.05) is 18.2 Å². The van der Waals surface area contributed by atoms with E-state index >= 15 is 0 Å². The van der Waals surface area contributed by atoms with Crippen molar-refractivity contribution in [1.82, 2.24) is 15.2 Å². The molecule has 1 aromatic heterocycles. The summed E-state index contributed by atoms with van der Waals surface area (Å²) in [6.07, 6.45) is 3.19. The van der Waals surface area contributed by atoms with Gasteiger partial charge in [0.15, 0.2) is 5.75 Å². The van der Waals surface area contributed by atoms with E-state index in [0.717, 1.165) is 38.0 Å². The highest BCUT2D eigenvalue weighted by Gasteiger charge is 2.21. The third kappa shape index (κ3) is 5.99. The molecular formula is C25H26ClN3O3. The van der Waals surface area contributed by atoms with Gasteiger partial charge in [-0.15, -0.1) is 0 Å². The zero-order valence-electron chi connectivity index (χ0n) is 17.7. The van der Waals surface area contributed by atoms with E-state index in [4.69, 9.17) is 16.3 Å². The molecule has 1 amide bonds. The van der Waals surface area contributed by atoms with Gasteiger partial charge in [-0.25, -0.2) is 0 Å². The molecule has 0 bridgehead atoms. The normalized spacial score (nSPS) is 14.8. The molecule has 0 spiro atoms. The monoisotopic (exact) mass is 451 g/mol. The van der Waals surface area contributed by atoms with Crippen molar-refractivity contribution >= 4 is 17.5 Å². The number of ether oxygens (including phenoxy) is 1. The Morgan fingerprint density at radius 1 is 1.06 bits per heavy atom. The highest BCUT2D eigenvalue weighted by molar-refractivity contribution is 6.30. The summed E-state index contributed by atoms with van der Waals surface area (Å²) >= 11 is 5.97. The van der Waals surface area contributed by atoms with Crippen LogP contribution in [-0.2, 0) is 13.2 Å². The van der Waals surface area contributed by atoms with Crippen molar-refractivity contribution in [2.75, 3.05) is 13.1 Å². The lowest BCUT2D eigenvalue weighted by Crippen LogP contribution is -2.44. The van der Waals surface area contributed by atoms with Gasteiger partial charge in [-0.1, -0.05) is 54.1 Å². The summed E-state index contributed by atoms with van der Waals surface area (Å²) in [4.78, 5) is 30.3. The second kappa shape index (κ2) is 10.5. The Balaban J connectivity index is 1.27. The van der Waals surface area contributed by atoms with Gasteiger partial charge in [-0.05, 0) is 36.1 Å². The van der Waals surface area contributed by atoms with Gasteiger partial charge in [0, 0.05) is 43.0 Å². The first kappa shape index (κ1) is 22.1. The summed E-state index contributed by atoms with van der Waals surface area (Å²) in [6, 6.07) is 19.0. The molecule has 0 saturated carbocycles. The van der Waals surface area contributed by atoms with Crippen molar-refractivity contribution < 1.29 is 9.53 Å². The molecule has 1 aliphatic heterocycles. The molecule has 0 radical (unpaired) electrons. The SMILES string of the molecule is O=C(NC1CCN(Cc2ccccc2)CC1)c1cc(=O)c(OCc2cccc(Cl)c2)c[nH]1. The number of carbonyl (C=O) groups is 1. The van der Waals surface area contributed by atoms with E-state index in [-0.39, 0.29) is 35.4 Å². The third-order valence-corrected chi connectivity index (χ3v) is 5.81. The van der Waals surface area contributed by atoms with Crippen LogP contribution in [0.15, 0.2) is 71.7 Å². The number of aromatic amines is 1. The zero-order chi connectivity index (χ0) is 22.3. The number of hydrogen-bond acceptors (Lipinski definition) is 4. The Kier molecular flexibility index (Phi) is 7.24. The first-order valence-corrected chi connectivity index (χ1v) is 11.1. The highest BCUT2D eigenvalue weighted by atomic mass is 35.5. The van der Waals surface area contributed by atoms with Crippen molar-refractivity contribution in [2.45, 2.75) is 32.0 Å². The van der Waals surface area contributed by atoms with Gasteiger partial charge in [-0.3, -0.25) is 14.5 Å². The molecule has 7 heteroatoms. The first-order chi connectivity index (χ1) is 15.6. The van der Waals surface area contributed by atoms with Gasteiger partial charge in [0.2, 0.25) is 5.43 Å². The number of halogens is 1. The minimum atomic E-state index is -0.339. The summed E-state index contributed by atoms with van der Waals surface area (Å²) < 4.78 is 5.58. The van der Waals surface area contributed by atoms with Crippen molar-refractivity contribution in [3.63, 3.8) is 0 Å². The highest BCUT2D eigenvalue weighted by Crippen LogP contribution is 2.15. The lowest BCUT2D eigenvalue weighted by Gasteiger charge is -2.32. The molecule has 2 N–H and O–H groups in total. The van der Waals surface area contributed by atoms with E-state index in [9.17, 15) is 9.59 Å². The quantitative estimate of drug-likeness (QED) is 0.569. The molecule has 4 rings (SSSR count). The Morgan fingerprint density at radius 3 is 2.53 bits per heavy atom. The summed E-state index contributed by atoms with van der Waals surface area (Å²) in [5.41, 5.74) is 2.05. The topological polar surface area (TPSA) is 74.4 Å². The van der Waals surface area contributed by atoms with Gasteiger partial charge in [0.05, 0.1) is 0 Å². The van der Waals surface area contributed by atoms with E-state index < -0.39 is 0 Å². The van der Waals surface area contributed by atoms with E-state index in [0.29, 0.717) is 5.02 Å². The van der Waals surface area contributed by atoms with Gasteiger partial charge < -0.3 is 15.0 Å². The number of H-pyrrole nitrogens is 1. The van der Waals surface area contributed by atoms with Crippen LogP contribution in [0.3, 0.4) is 0 Å². The first-order valence-electron chi connectivity index (χ1n) is 10.7. The van der Waals surface area contributed by atoms with Crippen LogP contribution in [0.2, 0.25) is 5.02 Å². The Bertz CT molecular complexity index is 1110. The summed E-state index contributed by atoms with van der Waals surface area (Å²) in [6.45, 7) is 2.99. The molecule has 6 nitrogen and oxygen atoms in total. The summed E-state index contributed by atoms with van der Waals surface area (Å²) in [7, 11) is 0. The fourth-order valence-electron chi connectivity index (χ4n) is 3.83. The van der Waals surface area contributed by atoms with Crippen molar-refractivity contribution in [1.29, 1.82) is 0 Å². The van der Waals surface area contributed by atoms with Crippen LogP contribution in [0.5, 0.6) is 5.75 Å². The predicted octanol–water partition coefficient (Wildman–Crippen LogP) is 4.00. The van der Waals surface area contributed by atoms with Crippen molar-refractivity contribution in [2.24, 2.45) is 0 Å². The second-order valence-electron chi connectivity index (χ2n) is 8.00. The maximum Gasteiger partial charge on any atom is 0.268 e. The summed E-state index contributed by atoms with van der Waals surface area (Å²) in [5, 5.41) is 3.65. The number of benzene rings is 2. The number of nitrogens with one attached hydrogen (secondary N) is 2. The largest absolute Gasteiger partial charge is 0.483 e. The number of nitrogens with zero attached hydrogens (tertiary/aromatic N) is 1. The fraction of sp³-hybridized carbons (Fsp3) is 0.280. The van der Waals surface area contributed by atoms with Gasteiger partial charge in [-0.2, -0.15) is 0 Å². The molecule has 1 saturated heterocycles. The Labute approximate surface area is 192 Å². The summed E-state index contributed by atoms with van der Waals surface area (Å²) in [5.74, 6) is -0.110. The maximum atomic E-state index is 12.6. The average Bonchev–Trinajstić information content (AvgIpc) is 2.80. The number of aromatic nitrogens is 1. The molecule has 32 heavy (non-hydrogen) atoms. The smallest absolute Gasteiger partial charge is 0.268 e. The number of hydrogen-bond donors (Lipinski definition) is 2. The number of piperidine rings is 1.